The van der Waals surface area contributed by atoms with Gasteiger partial charge in [-0.25, -0.2) is 9.98 Å². The second kappa shape index (κ2) is 15.7. The van der Waals surface area contributed by atoms with E-state index in [1.807, 2.05) is 6.07 Å². The molecule has 2 heterocycles. The lowest BCUT2D eigenvalue weighted by molar-refractivity contribution is 0.587. The summed E-state index contributed by atoms with van der Waals surface area (Å²) in [4.78, 5) is 10.6. The SMILES string of the molecule is C=CC1CC2=C(C=C(C3N=C(C(=C/C)/C=C(\C)c4cccc5oc6ccc(C7C=Cc8ccc9c(ccc%10cccc(C)c%109)c8C7)cc6c45)NC(c4ccccc4)=N3)CC2)C1C=C. The summed E-state index contributed by atoms with van der Waals surface area (Å²) in [7, 11) is 0. The molecule has 308 valence electrons. The number of amidine groups is 2. The lowest BCUT2D eigenvalue weighted by Crippen LogP contribution is -2.38. The molecule has 7 aromatic rings. The summed E-state index contributed by atoms with van der Waals surface area (Å²) in [5.74, 6) is 2.58. The predicted octanol–water partition coefficient (Wildman–Crippen LogP) is 14.7. The number of rotatable bonds is 8. The third kappa shape index (κ3) is 6.68. The zero-order valence-electron chi connectivity index (χ0n) is 36.3. The van der Waals surface area contributed by atoms with Crippen LogP contribution < -0.4 is 5.32 Å². The summed E-state index contributed by atoms with van der Waals surface area (Å²) >= 11 is 0. The van der Waals surface area contributed by atoms with E-state index in [0.717, 1.165) is 81.6 Å². The van der Waals surface area contributed by atoms with Crippen LogP contribution in [0.25, 0.3) is 55.1 Å². The van der Waals surface area contributed by atoms with Crippen molar-refractivity contribution in [2.45, 2.75) is 58.5 Å². The molecule has 4 atom stereocenters. The van der Waals surface area contributed by atoms with Crippen LogP contribution in [0.4, 0.5) is 0 Å². The quantitative estimate of drug-likeness (QED) is 0.0943. The van der Waals surface area contributed by atoms with E-state index in [1.54, 1.807) is 0 Å². The van der Waals surface area contributed by atoms with Crippen molar-refractivity contribution in [2.24, 2.45) is 21.8 Å². The third-order valence-electron chi connectivity index (χ3n) is 14.1. The molecule has 0 saturated heterocycles. The van der Waals surface area contributed by atoms with Gasteiger partial charge >= 0.3 is 0 Å². The highest BCUT2D eigenvalue weighted by Gasteiger charge is 2.34. The van der Waals surface area contributed by atoms with Crippen LogP contribution in [0.1, 0.15) is 72.4 Å². The van der Waals surface area contributed by atoms with Gasteiger partial charge in [0.1, 0.15) is 22.8 Å². The highest BCUT2D eigenvalue weighted by Crippen LogP contribution is 2.46. The molecule has 0 bridgehead atoms. The molecular weight excluding hydrogens is 767 g/mol. The summed E-state index contributed by atoms with van der Waals surface area (Å²) in [6.45, 7) is 14.9. The second-order valence-electron chi connectivity index (χ2n) is 17.7. The Morgan fingerprint density at radius 3 is 2.49 bits per heavy atom. The largest absolute Gasteiger partial charge is 0.456 e. The minimum atomic E-state index is -0.329. The Balaban J connectivity index is 0.947. The minimum absolute atomic E-state index is 0.245. The summed E-state index contributed by atoms with van der Waals surface area (Å²) in [6, 6.07) is 39.5. The molecule has 4 nitrogen and oxygen atoms in total. The number of benzene rings is 6. The number of allylic oxidation sites excluding steroid dienone is 8. The number of hydrogen-bond acceptors (Lipinski definition) is 4. The Labute approximate surface area is 369 Å². The normalized spacial score (nSPS) is 21.3. The molecule has 0 amide bonds. The summed E-state index contributed by atoms with van der Waals surface area (Å²) in [6.07, 6.45) is 19.3. The fourth-order valence-electron chi connectivity index (χ4n) is 10.8. The van der Waals surface area contributed by atoms with E-state index in [0.29, 0.717) is 5.92 Å². The van der Waals surface area contributed by atoms with Crippen molar-refractivity contribution in [3.8, 4) is 0 Å². The molecule has 0 fully saturated rings. The van der Waals surface area contributed by atoms with Gasteiger partial charge in [-0.15, -0.1) is 13.2 Å². The number of aliphatic imine (C=N–C) groups is 2. The fraction of sp³-hybridized carbons (Fsp3) is 0.186. The molecule has 1 aliphatic heterocycles. The highest BCUT2D eigenvalue weighted by atomic mass is 16.3. The first kappa shape index (κ1) is 38.9. The molecular formula is C59H51N3O. The first-order valence-corrected chi connectivity index (χ1v) is 22.5. The zero-order chi connectivity index (χ0) is 42.8. The van der Waals surface area contributed by atoms with Gasteiger partial charge in [0.15, 0.2) is 6.17 Å². The molecule has 63 heavy (non-hydrogen) atoms. The topological polar surface area (TPSA) is 49.9 Å². The highest BCUT2D eigenvalue weighted by molar-refractivity contribution is 6.18. The van der Waals surface area contributed by atoms with E-state index in [1.165, 1.54) is 60.5 Å². The number of fused-ring (bicyclic) bond motifs is 8. The smallest absolute Gasteiger partial charge is 0.166 e. The predicted molar refractivity (Wildman–Crippen MR) is 266 cm³/mol. The first-order valence-electron chi connectivity index (χ1n) is 22.5. The van der Waals surface area contributed by atoms with Crippen LogP contribution >= 0.6 is 0 Å². The fourth-order valence-corrected chi connectivity index (χ4v) is 10.8. The van der Waals surface area contributed by atoms with Crippen molar-refractivity contribution in [3.63, 3.8) is 0 Å². The van der Waals surface area contributed by atoms with Gasteiger partial charge in [-0.1, -0.05) is 133 Å². The Morgan fingerprint density at radius 1 is 0.794 bits per heavy atom. The van der Waals surface area contributed by atoms with E-state index in [4.69, 9.17) is 14.4 Å². The lowest BCUT2D eigenvalue weighted by Gasteiger charge is -2.26. The van der Waals surface area contributed by atoms with Gasteiger partial charge in [-0.05, 0) is 143 Å². The number of aryl methyl sites for hydroxylation is 1. The number of furan rings is 1. The minimum Gasteiger partial charge on any atom is -0.456 e. The standard InChI is InChI=1S/C59H51N3O/c1-6-37-31-44-22-23-45(34-51(44)46(37)8-3)59-61-57(60-58(62-59)41-15-10-9-11-16-41)38(7-2)30-36(5)47-18-13-19-54-56(47)52-33-43(26-29-53(52)63-54)42-21-20-39-24-28-49-48(50(39)32-42)27-25-40-17-12-14-35(4)55(40)49/h6-21,24-30,33-34,37,42,46,59H,1,3,22-23,31-32H2,2,4-5H3,(H,60,61,62)/b36-30+,38-7+. The van der Waals surface area contributed by atoms with Crippen molar-refractivity contribution in [3.05, 3.63) is 214 Å². The number of nitrogens with one attached hydrogen (secondary N) is 1. The Bertz CT molecular complexity index is 3290. The zero-order valence-corrected chi connectivity index (χ0v) is 36.3. The lowest BCUT2D eigenvalue weighted by atomic mass is 9.81. The van der Waals surface area contributed by atoms with E-state index in [9.17, 15) is 0 Å². The van der Waals surface area contributed by atoms with Gasteiger partial charge < -0.3 is 9.73 Å². The summed E-state index contributed by atoms with van der Waals surface area (Å²) in [5.41, 5.74) is 15.6. The van der Waals surface area contributed by atoms with Gasteiger partial charge in [-0.3, -0.25) is 0 Å². The van der Waals surface area contributed by atoms with Gasteiger partial charge in [0.25, 0.3) is 0 Å². The van der Waals surface area contributed by atoms with Crippen LogP contribution in [0.2, 0.25) is 0 Å². The Morgan fingerprint density at radius 2 is 1.65 bits per heavy atom. The first-order chi connectivity index (χ1) is 30.9. The summed E-state index contributed by atoms with van der Waals surface area (Å²) < 4.78 is 6.57. The van der Waals surface area contributed by atoms with Crippen LogP contribution in [-0.4, -0.2) is 17.8 Å². The molecule has 0 radical (unpaired) electrons. The average Bonchev–Trinajstić information content (AvgIpc) is 3.90. The molecule has 3 aliphatic carbocycles. The van der Waals surface area contributed by atoms with E-state index in [-0.39, 0.29) is 18.0 Å². The number of nitrogens with zero attached hydrogens (tertiary/aromatic N) is 2. The molecule has 4 unspecified atom stereocenters. The third-order valence-corrected chi connectivity index (χ3v) is 14.1. The van der Waals surface area contributed by atoms with Crippen molar-refractivity contribution < 1.29 is 4.42 Å². The maximum atomic E-state index is 6.57. The van der Waals surface area contributed by atoms with Crippen LogP contribution in [0.5, 0.6) is 0 Å². The van der Waals surface area contributed by atoms with E-state index in [2.05, 4.69) is 185 Å². The molecule has 1 aromatic heterocycles. The van der Waals surface area contributed by atoms with Gasteiger partial charge in [0.2, 0.25) is 0 Å². The second-order valence-corrected chi connectivity index (χ2v) is 17.7. The number of hydrogen-bond donors (Lipinski definition) is 1. The van der Waals surface area contributed by atoms with Crippen molar-refractivity contribution in [2.75, 3.05) is 0 Å². The molecule has 11 rings (SSSR count). The molecule has 4 aliphatic rings. The van der Waals surface area contributed by atoms with Crippen molar-refractivity contribution in [1.29, 1.82) is 0 Å². The van der Waals surface area contributed by atoms with Gasteiger partial charge in [0.05, 0.1) is 0 Å². The van der Waals surface area contributed by atoms with Gasteiger partial charge in [-0.2, -0.15) is 0 Å². The maximum Gasteiger partial charge on any atom is 0.166 e. The van der Waals surface area contributed by atoms with Crippen LogP contribution in [0.15, 0.2) is 196 Å². The maximum absolute atomic E-state index is 6.57. The van der Waals surface area contributed by atoms with Gasteiger partial charge in [0, 0.05) is 33.7 Å². The molecule has 1 N–H and O–H groups in total. The van der Waals surface area contributed by atoms with E-state index < -0.39 is 0 Å². The van der Waals surface area contributed by atoms with Crippen molar-refractivity contribution in [1.82, 2.24) is 5.32 Å². The Hall–Kier alpha value is -7.04. The summed E-state index contributed by atoms with van der Waals surface area (Å²) in [5, 5.41) is 11.3. The van der Waals surface area contributed by atoms with Crippen LogP contribution in [-0.2, 0) is 6.42 Å². The van der Waals surface area contributed by atoms with Crippen LogP contribution in [0.3, 0.4) is 0 Å². The Kier molecular flexibility index (Phi) is 9.68. The van der Waals surface area contributed by atoms with Crippen LogP contribution in [0, 0.1) is 18.8 Å². The average molecular weight is 818 g/mol. The van der Waals surface area contributed by atoms with Crippen molar-refractivity contribution >= 4 is 66.8 Å². The van der Waals surface area contributed by atoms with E-state index >= 15 is 0 Å². The monoisotopic (exact) mass is 817 g/mol. The molecule has 4 heteroatoms. The molecule has 0 saturated carbocycles. The molecule has 6 aromatic carbocycles. The molecule has 0 spiro atoms.